The van der Waals surface area contributed by atoms with Gasteiger partial charge in [-0.15, -0.1) is 11.3 Å². The number of hydrogen-bond donors (Lipinski definition) is 0. The highest BCUT2D eigenvalue weighted by Gasteiger charge is 2.19. The topological polar surface area (TPSA) is 0 Å². The molecule has 0 N–H and O–H groups in total. The first kappa shape index (κ1) is 19.7. The summed E-state index contributed by atoms with van der Waals surface area (Å²) in [4.78, 5) is 0. The van der Waals surface area contributed by atoms with E-state index < -0.39 is 0 Å². The van der Waals surface area contributed by atoms with Crippen LogP contribution in [0.25, 0.3) is 74.7 Å². The van der Waals surface area contributed by atoms with E-state index in [1.807, 2.05) is 12.1 Å². The fraction of sp³-hybridized carbons (Fsp3) is 0. The van der Waals surface area contributed by atoms with Crippen LogP contribution in [0.4, 0.5) is 0 Å². The fourth-order valence-electron chi connectivity index (χ4n) is 5.99. The molecule has 37 heavy (non-hydrogen) atoms. The van der Waals surface area contributed by atoms with Crippen LogP contribution in [0.1, 0.15) is 1.37 Å². The standard InChI is InChI=1S/C36H22S/c1-2-11-24-22-25(21-20-23(24)10-1)34-26-12-3-5-14-28(26)35(29-15-6-4-13-27(29)34)31-17-9-19-33-36(31)30-16-7-8-18-32(30)37-33/h1-22H/i18D. The van der Waals surface area contributed by atoms with Crippen LogP contribution in [0.5, 0.6) is 0 Å². The molecule has 0 spiro atoms. The van der Waals surface area contributed by atoms with Crippen molar-refractivity contribution in [3.63, 3.8) is 0 Å². The van der Waals surface area contributed by atoms with Crippen molar-refractivity contribution < 1.29 is 1.37 Å². The molecule has 0 saturated carbocycles. The van der Waals surface area contributed by atoms with E-state index in [4.69, 9.17) is 1.37 Å². The summed E-state index contributed by atoms with van der Waals surface area (Å²) in [5.74, 6) is 0. The molecule has 172 valence electrons. The van der Waals surface area contributed by atoms with Gasteiger partial charge in [0.25, 0.3) is 0 Å². The molecule has 0 nitrogen and oxygen atoms in total. The predicted molar refractivity (Wildman–Crippen MR) is 163 cm³/mol. The van der Waals surface area contributed by atoms with E-state index in [0.717, 1.165) is 4.70 Å². The zero-order valence-electron chi connectivity index (χ0n) is 21.0. The van der Waals surface area contributed by atoms with Gasteiger partial charge in [-0.2, -0.15) is 0 Å². The summed E-state index contributed by atoms with van der Waals surface area (Å²) in [7, 11) is 0. The second kappa shape index (κ2) is 8.03. The summed E-state index contributed by atoms with van der Waals surface area (Å²) in [6.45, 7) is 0. The largest absolute Gasteiger partial charge is 0.135 e. The number of hydrogen-bond acceptors (Lipinski definition) is 1. The average Bonchev–Trinajstić information content (AvgIpc) is 3.36. The molecule has 0 bridgehead atoms. The van der Waals surface area contributed by atoms with Crippen LogP contribution < -0.4 is 0 Å². The molecule has 0 unspecified atom stereocenters. The highest BCUT2D eigenvalue weighted by molar-refractivity contribution is 7.25. The number of thiophene rings is 1. The molecule has 8 aromatic rings. The molecule has 1 heterocycles. The third-order valence-electron chi connectivity index (χ3n) is 7.56. The van der Waals surface area contributed by atoms with E-state index >= 15 is 0 Å². The van der Waals surface area contributed by atoms with Crippen molar-refractivity contribution in [1.82, 2.24) is 0 Å². The molecule has 1 heteroatoms. The second-order valence-electron chi connectivity index (χ2n) is 9.60. The Labute approximate surface area is 220 Å². The maximum absolute atomic E-state index is 8.52. The summed E-state index contributed by atoms with van der Waals surface area (Å²) in [6.07, 6.45) is 0. The summed E-state index contributed by atoms with van der Waals surface area (Å²) >= 11 is 1.72. The number of fused-ring (bicyclic) bond motifs is 6. The Hall–Kier alpha value is -4.46. The Morgan fingerprint density at radius 1 is 0.459 bits per heavy atom. The second-order valence-corrected chi connectivity index (χ2v) is 10.6. The fourth-order valence-corrected chi connectivity index (χ4v) is 7.09. The highest BCUT2D eigenvalue weighted by atomic mass is 32.1. The lowest BCUT2D eigenvalue weighted by Crippen LogP contribution is -1.91. The Balaban J connectivity index is 1.54. The monoisotopic (exact) mass is 487 g/mol. The molecule has 7 aromatic carbocycles. The van der Waals surface area contributed by atoms with Crippen LogP contribution in [0.15, 0.2) is 133 Å². The quantitative estimate of drug-likeness (QED) is 0.213. The van der Waals surface area contributed by atoms with Gasteiger partial charge in [-0.3, -0.25) is 0 Å². The van der Waals surface area contributed by atoms with Crippen molar-refractivity contribution in [3.05, 3.63) is 133 Å². The van der Waals surface area contributed by atoms with Crippen LogP contribution in [-0.2, 0) is 0 Å². The highest BCUT2D eigenvalue weighted by Crippen LogP contribution is 2.47. The Kier molecular flexibility index (Phi) is 4.27. The minimum absolute atomic E-state index is 0.594. The first-order valence-corrected chi connectivity index (χ1v) is 13.4. The molecule has 1 aromatic heterocycles. The first-order chi connectivity index (χ1) is 18.8. The van der Waals surface area contributed by atoms with Gasteiger partial charge >= 0.3 is 0 Å². The van der Waals surface area contributed by atoms with Crippen molar-refractivity contribution in [2.75, 3.05) is 0 Å². The van der Waals surface area contributed by atoms with Crippen molar-refractivity contribution in [2.24, 2.45) is 0 Å². The van der Waals surface area contributed by atoms with Gasteiger partial charge in [0, 0.05) is 20.2 Å². The summed E-state index contributed by atoms with van der Waals surface area (Å²) in [5.41, 5.74) is 5.01. The SMILES string of the molecule is [2H]c1cccc2c1sc1cccc(-c3c4ccccc4c(-c4ccc5ccccc5c4)c4ccccc34)c12. The summed E-state index contributed by atoms with van der Waals surface area (Å²) < 4.78 is 10.8. The number of rotatable bonds is 2. The van der Waals surface area contributed by atoms with Crippen molar-refractivity contribution in [3.8, 4) is 22.3 Å². The lowest BCUT2D eigenvalue weighted by atomic mass is 9.84. The molecule has 0 saturated heterocycles. The maximum Gasteiger partial charge on any atom is 0.0638 e. The molecule has 0 amide bonds. The van der Waals surface area contributed by atoms with Crippen LogP contribution in [0, 0.1) is 0 Å². The lowest BCUT2D eigenvalue weighted by molar-refractivity contribution is 1.69. The van der Waals surface area contributed by atoms with E-state index in [-0.39, 0.29) is 0 Å². The van der Waals surface area contributed by atoms with E-state index in [0.29, 0.717) is 6.04 Å². The van der Waals surface area contributed by atoms with Gasteiger partial charge in [0.15, 0.2) is 0 Å². The lowest BCUT2D eigenvalue weighted by Gasteiger charge is -2.18. The molecule has 0 aliphatic heterocycles. The van der Waals surface area contributed by atoms with E-state index in [2.05, 4.69) is 115 Å². The molecule has 8 rings (SSSR count). The molecular formula is C36H22S. The van der Waals surface area contributed by atoms with Crippen molar-refractivity contribution >= 4 is 63.8 Å². The van der Waals surface area contributed by atoms with Gasteiger partial charge < -0.3 is 0 Å². The molecule has 0 radical (unpaired) electrons. The maximum atomic E-state index is 8.52. The van der Waals surface area contributed by atoms with Crippen molar-refractivity contribution in [2.45, 2.75) is 0 Å². The Morgan fingerprint density at radius 3 is 1.84 bits per heavy atom. The third kappa shape index (κ3) is 3.08. The van der Waals surface area contributed by atoms with Gasteiger partial charge in [-0.1, -0.05) is 115 Å². The normalized spacial score (nSPS) is 12.2. The predicted octanol–water partition coefficient (Wildman–Crippen LogP) is 10.8. The van der Waals surface area contributed by atoms with E-state index in [9.17, 15) is 0 Å². The number of benzene rings is 7. The van der Waals surface area contributed by atoms with Crippen LogP contribution in [0.3, 0.4) is 0 Å². The molecule has 0 aliphatic rings. The van der Waals surface area contributed by atoms with Crippen LogP contribution >= 0.6 is 11.3 Å². The Morgan fingerprint density at radius 2 is 1.08 bits per heavy atom. The first-order valence-electron chi connectivity index (χ1n) is 13.1. The zero-order valence-corrected chi connectivity index (χ0v) is 20.8. The minimum atomic E-state index is 0.594. The summed E-state index contributed by atoms with van der Waals surface area (Å²) in [5, 5.41) is 9.94. The van der Waals surface area contributed by atoms with Gasteiger partial charge in [-0.25, -0.2) is 0 Å². The van der Waals surface area contributed by atoms with E-state index in [1.165, 1.54) is 70.0 Å². The van der Waals surface area contributed by atoms with Crippen molar-refractivity contribution in [1.29, 1.82) is 0 Å². The third-order valence-corrected chi connectivity index (χ3v) is 8.67. The molecule has 0 atom stereocenters. The smallest absolute Gasteiger partial charge is 0.0638 e. The van der Waals surface area contributed by atoms with Gasteiger partial charge in [0.2, 0.25) is 0 Å². The van der Waals surface area contributed by atoms with Gasteiger partial charge in [-0.05, 0) is 72.7 Å². The Bertz CT molecular complexity index is 2150. The van der Waals surface area contributed by atoms with Crippen LogP contribution in [-0.4, -0.2) is 0 Å². The van der Waals surface area contributed by atoms with Gasteiger partial charge in [0.1, 0.15) is 0 Å². The molecular weight excluding hydrogens is 464 g/mol. The van der Waals surface area contributed by atoms with Crippen LogP contribution in [0.2, 0.25) is 0 Å². The van der Waals surface area contributed by atoms with Gasteiger partial charge in [0.05, 0.1) is 1.37 Å². The summed E-state index contributed by atoms with van der Waals surface area (Å²) in [6, 6.07) is 46.4. The molecule has 0 fully saturated rings. The van der Waals surface area contributed by atoms with E-state index in [1.54, 1.807) is 11.3 Å². The average molecular weight is 488 g/mol. The molecule has 0 aliphatic carbocycles. The zero-order chi connectivity index (χ0) is 25.2. The minimum Gasteiger partial charge on any atom is -0.135 e.